The SMILES string of the molecule is COc1cc(O)cc(CCc2cccc(O)c2)c1Cc1ccc(O)c(O)c1. The molecule has 27 heavy (non-hydrogen) atoms. The van der Waals surface area contributed by atoms with Crippen LogP contribution in [0.15, 0.2) is 54.6 Å². The normalized spacial score (nSPS) is 10.7. The first-order chi connectivity index (χ1) is 13.0. The fourth-order valence-corrected chi connectivity index (χ4v) is 3.17. The molecular weight excluding hydrogens is 344 g/mol. The Morgan fingerprint density at radius 3 is 2.26 bits per heavy atom. The van der Waals surface area contributed by atoms with E-state index in [1.165, 1.54) is 12.1 Å². The van der Waals surface area contributed by atoms with Crippen LogP contribution >= 0.6 is 0 Å². The van der Waals surface area contributed by atoms with Crippen molar-refractivity contribution in [2.24, 2.45) is 0 Å². The van der Waals surface area contributed by atoms with E-state index in [1.807, 2.05) is 6.07 Å². The second kappa shape index (κ2) is 7.91. The Balaban J connectivity index is 1.92. The molecule has 0 radical (unpaired) electrons. The van der Waals surface area contributed by atoms with Gasteiger partial charge in [0.1, 0.15) is 17.2 Å². The average Bonchev–Trinajstić information content (AvgIpc) is 2.64. The fraction of sp³-hybridized carbons (Fsp3) is 0.182. The second-order valence-corrected chi connectivity index (χ2v) is 6.46. The molecule has 5 nitrogen and oxygen atoms in total. The number of methoxy groups -OCH3 is 1. The molecule has 0 unspecified atom stereocenters. The molecule has 0 saturated carbocycles. The summed E-state index contributed by atoms with van der Waals surface area (Å²) in [6, 6.07) is 15.1. The molecule has 0 atom stereocenters. The summed E-state index contributed by atoms with van der Waals surface area (Å²) in [4.78, 5) is 0. The Hall–Kier alpha value is -3.34. The Morgan fingerprint density at radius 2 is 1.56 bits per heavy atom. The molecule has 0 heterocycles. The van der Waals surface area contributed by atoms with Gasteiger partial charge in [0.05, 0.1) is 7.11 Å². The van der Waals surface area contributed by atoms with Crippen LogP contribution in [-0.2, 0) is 19.3 Å². The molecular formula is C22H22O5. The molecule has 140 valence electrons. The van der Waals surface area contributed by atoms with Crippen LogP contribution in [0, 0.1) is 0 Å². The van der Waals surface area contributed by atoms with E-state index >= 15 is 0 Å². The highest BCUT2D eigenvalue weighted by Crippen LogP contribution is 2.33. The number of rotatable bonds is 6. The standard InChI is InChI=1S/C22H22O5/c1-27-22-13-18(24)12-16(7-5-14-3-2-4-17(23)9-14)19(22)10-15-6-8-20(25)21(26)11-15/h2-4,6,8-9,11-13,23-26H,5,7,10H2,1H3. The van der Waals surface area contributed by atoms with Gasteiger partial charge in [-0.3, -0.25) is 0 Å². The van der Waals surface area contributed by atoms with Gasteiger partial charge < -0.3 is 25.2 Å². The number of benzene rings is 3. The van der Waals surface area contributed by atoms with Crippen LogP contribution in [0.25, 0.3) is 0 Å². The first-order valence-corrected chi connectivity index (χ1v) is 8.64. The van der Waals surface area contributed by atoms with Gasteiger partial charge >= 0.3 is 0 Å². The van der Waals surface area contributed by atoms with Crippen molar-refractivity contribution in [3.63, 3.8) is 0 Å². The Bertz CT molecular complexity index is 949. The van der Waals surface area contributed by atoms with Crippen molar-refractivity contribution in [3.8, 4) is 28.7 Å². The monoisotopic (exact) mass is 366 g/mol. The highest BCUT2D eigenvalue weighted by Gasteiger charge is 2.14. The van der Waals surface area contributed by atoms with E-state index in [-0.39, 0.29) is 23.0 Å². The van der Waals surface area contributed by atoms with Crippen molar-refractivity contribution < 1.29 is 25.2 Å². The molecule has 0 bridgehead atoms. The molecule has 0 aliphatic carbocycles. The molecule has 3 rings (SSSR count). The molecule has 5 heteroatoms. The summed E-state index contributed by atoms with van der Waals surface area (Å²) in [5.41, 5.74) is 3.63. The van der Waals surface area contributed by atoms with Gasteiger partial charge in [0.2, 0.25) is 0 Å². The minimum absolute atomic E-state index is 0.120. The molecule has 0 fully saturated rings. The van der Waals surface area contributed by atoms with E-state index in [0.29, 0.717) is 25.0 Å². The van der Waals surface area contributed by atoms with Crippen LogP contribution in [-0.4, -0.2) is 27.5 Å². The molecule has 0 aromatic heterocycles. The minimum atomic E-state index is -0.174. The summed E-state index contributed by atoms with van der Waals surface area (Å²) >= 11 is 0. The van der Waals surface area contributed by atoms with E-state index in [2.05, 4.69) is 0 Å². The van der Waals surface area contributed by atoms with Crippen molar-refractivity contribution in [2.75, 3.05) is 7.11 Å². The molecule has 0 amide bonds. The Labute approximate surface area is 157 Å². The lowest BCUT2D eigenvalue weighted by molar-refractivity contribution is 0.401. The van der Waals surface area contributed by atoms with Gasteiger partial charge in [-0.15, -0.1) is 0 Å². The summed E-state index contributed by atoms with van der Waals surface area (Å²) < 4.78 is 5.45. The molecule has 0 aliphatic heterocycles. The van der Waals surface area contributed by atoms with E-state index < -0.39 is 0 Å². The fourth-order valence-electron chi connectivity index (χ4n) is 3.17. The lowest BCUT2D eigenvalue weighted by Crippen LogP contribution is -2.02. The number of hydrogen-bond donors (Lipinski definition) is 4. The van der Waals surface area contributed by atoms with Gasteiger partial charge in [0.25, 0.3) is 0 Å². The third-order valence-electron chi connectivity index (χ3n) is 4.52. The maximum Gasteiger partial charge on any atom is 0.157 e. The minimum Gasteiger partial charge on any atom is -0.508 e. The van der Waals surface area contributed by atoms with Crippen LogP contribution in [0.2, 0.25) is 0 Å². The van der Waals surface area contributed by atoms with Gasteiger partial charge in [-0.2, -0.15) is 0 Å². The predicted molar refractivity (Wildman–Crippen MR) is 103 cm³/mol. The first-order valence-electron chi connectivity index (χ1n) is 8.64. The highest BCUT2D eigenvalue weighted by atomic mass is 16.5. The van der Waals surface area contributed by atoms with Crippen molar-refractivity contribution >= 4 is 0 Å². The number of phenols is 4. The third-order valence-corrected chi connectivity index (χ3v) is 4.52. The van der Waals surface area contributed by atoms with E-state index in [4.69, 9.17) is 4.74 Å². The predicted octanol–water partition coefficient (Wildman–Crippen LogP) is 3.89. The lowest BCUT2D eigenvalue weighted by Gasteiger charge is -2.16. The average molecular weight is 366 g/mol. The summed E-state index contributed by atoms with van der Waals surface area (Å²) in [7, 11) is 1.55. The smallest absolute Gasteiger partial charge is 0.157 e. The molecule has 4 N–H and O–H groups in total. The molecule has 0 aliphatic rings. The first kappa shape index (κ1) is 18.5. The van der Waals surface area contributed by atoms with Crippen LogP contribution < -0.4 is 4.74 Å². The van der Waals surface area contributed by atoms with E-state index in [0.717, 1.165) is 22.3 Å². The zero-order valence-corrected chi connectivity index (χ0v) is 15.0. The maximum atomic E-state index is 10.0. The Kier molecular flexibility index (Phi) is 5.41. The molecule has 0 spiro atoms. The lowest BCUT2D eigenvalue weighted by atomic mass is 9.94. The van der Waals surface area contributed by atoms with E-state index in [9.17, 15) is 20.4 Å². The zero-order chi connectivity index (χ0) is 19.4. The third kappa shape index (κ3) is 4.44. The number of hydrogen-bond acceptors (Lipinski definition) is 5. The number of aromatic hydroxyl groups is 4. The van der Waals surface area contributed by atoms with Crippen LogP contribution in [0.1, 0.15) is 22.3 Å². The van der Waals surface area contributed by atoms with Gasteiger partial charge in [-0.05, 0) is 59.9 Å². The topological polar surface area (TPSA) is 90.2 Å². The van der Waals surface area contributed by atoms with E-state index in [1.54, 1.807) is 43.5 Å². The van der Waals surface area contributed by atoms with Gasteiger partial charge in [0.15, 0.2) is 11.5 Å². The number of ether oxygens (including phenoxy) is 1. The van der Waals surface area contributed by atoms with Crippen molar-refractivity contribution in [1.29, 1.82) is 0 Å². The summed E-state index contributed by atoms with van der Waals surface area (Å²) in [5.74, 6) is 0.566. The Morgan fingerprint density at radius 1 is 0.741 bits per heavy atom. The van der Waals surface area contributed by atoms with Crippen LogP contribution in [0.4, 0.5) is 0 Å². The largest absolute Gasteiger partial charge is 0.508 e. The quantitative estimate of drug-likeness (QED) is 0.497. The number of aryl methyl sites for hydroxylation is 2. The van der Waals surface area contributed by atoms with Gasteiger partial charge in [0, 0.05) is 18.1 Å². The van der Waals surface area contributed by atoms with Gasteiger partial charge in [-0.25, -0.2) is 0 Å². The second-order valence-electron chi connectivity index (χ2n) is 6.46. The highest BCUT2D eigenvalue weighted by molar-refractivity contribution is 5.50. The van der Waals surface area contributed by atoms with Gasteiger partial charge in [-0.1, -0.05) is 18.2 Å². The van der Waals surface area contributed by atoms with Crippen molar-refractivity contribution in [2.45, 2.75) is 19.3 Å². The van der Waals surface area contributed by atoms with Crippen molar-refractivity contribution in [1.82, 2.24) is 0 Å². The summed E-state index contributed by atoms with van der Waals surface area (Å²) in [5, 5.41) is 38.9. The zero-order valence-electron chi connectivity index (χ0n) is 15.0. The van der Waals surface area contributed by atoms with Crippen LogP contribution in [0.3, 0.4) is 0 Å². The summed E-state index contributed by atoms with van der Waals surface area (Å²) in [6.45, 7) is 0. The molecule has 0 saturated heterocycles. The molecule has 3 aromatic rings. The van der Waals surface area contributed by atoms with Crippen molar-refractivity contribution in [3.05, 3.63) is 76.9 Å². The van der Waals surface area contributed by atoms with Crippen LogP contribution in [0.5, 0.6) is 28.7 Å². The summed E-state index contributed by atoms with van der Waals surface area (Å²) in [6.07, 6.45) is 1.81. The number of phenolic OH excluding ortho intramolecular Hbond substituents is 4. The maximum absolute atomic E-state index is 10.0. The molecule has 3 aromatic carbocycles.